The number of nitrogens with one attached hydrogen (secondary N) is 1. The molecule has 1 fully saturated rings. The summed E-state index contributed by atoms with van der Waals surface area (Å²) >= 11 is 0. The number of hydrogen-bond donors (Lipinski definition) is 2. The highest BCUT2D eigenvalue weighted by Crippen LogP contribution is 2.40. The normalized spacial score (nSPS) is 23.8. The first-order valence-corrected chi connectivity index (χ1v) is 9.35. The summed E-state index contributed by atoms with van der Waals surface area (Å²) in [6.07, 6.45) is 0.602. The summed E-state index contributed by atoms with van der Waals surface area (Å²) in [5.41, 5.74) is 3.63. The molecular weight excluding hydrogens is 329 g/mol. The Labute approximate surface area is 156 Å². The topological polar surface area (TPSA) is 67.8 Å². The summed E-state index contributed by atoms with van der Waals surface area (Å²) in [6, 6.07) is 4.01. The highest BCUT2D eigenvalue weighted by Gasteiger charge is 2.53. The minimum atomic E-state index is -0.986. The van der Waals surface area contributed by atoms with E-state index in [1.54, 1.807) is 0 Å². The van der Waals surface area contributed by atoms with Crippen LogP contribution >= 0.6 is 0 Å². The van der Waals surface area contributed by atoms with Crippen molar-refractivity contribution < 1.29 is 19.2 Å². The molecule has 1 aromatic rings. The maximum Gasteiger partial charge on any atom is 0.495 e. The molecule has 1 saturated heterocycles. The smallest absolute Gasteiger partial charge is 0.465 e. The van der Waals surface area contributed by atoms with Crippen molar-refractivity contribution in [3.05, 3.63) is 28.8 Å². The van der Waals surface area contributed by atoms with Crippen LogP contribution < -0.4 is 10.8 Å². The van der Waals surface area contributed by atoms with Gasteiger partial charge in [0.25, 0.3) is 0 Å². The molecule has 1 atom stereocenters. The van der Waals surface area contributed by atoms with Gasteiger partial charge in [-0.3, -0.25) is 0 Å². The van der Waals surface area contributed by atoms with E-state index in [1.807, 2.05) is 0 Å². The number of fused-ring (bicyclic) bond motifs is 1. The second-order valence-corrected chi connectivity index (χ2v) is 9.47. The Balaban J connectivity index is 2.11. The van der Waals surface area contributed by atoms with Crippen molar-refractivity contribution in [3.63, 3.8) is 0 Å². The molecule has 1 aliphatic carbocycles. The first-order valence-electron chi connectivity index (χ1n) is 9.35. The molecule has 0 saturated carbocycles. The van der Waals surface area contributed by atoms with Gasteiger partial charge in [-0.25, -0.2) is 4.79 Å². The molecule has 2 N–H and O–H groups in total. The summed E-state index contributed by atoms with van der Waals surface area (Å²) in [5.74, 6) is 0. The van der Waals surface area contributed by atoms with E-state index in [-0.39, 0.29) is 11.5 Å². The van der Waals surface area contributed by atoms with Crippen molar-refractivity contribution >= 4 is 18.7 Å². The molecule has 1 amide bonds. The summed E-state index contributed by atoms with van der Waals surface area (Å²) in [7, 11) is -0.437. The third kappa shape index (κ3) is 3.14. The van der Waals surface area contributed by atoms with Crippen LogP contribution in [0.25, 0.3) is 0 Å². The van der Waals surface area contributed by atoms with Gasteiger partial charge in [-0.15, -0.1) is 0 Å². The maximum atomic E-state index is 11.1. The predicted octanol–water partition coefficient (Wildman–Crippen LogP) is 3.54. The third-order valence-corrected chi connectivity index (χ3v) is 6.05. The summed E-state index contributed by atoms with van der Waals surface area (Å²) in [4.78, 5) is 11.1. The molecule has 0 bridgehead atoms. The lowest BCUT2D eigenvalue weighted by molar-refractivity contribution is 0.00578. The quantitative estimate of drug-likeness (QED) is 0.793. The number of amides is 1. The van der Waals surface area contributed by atoms with Gasteiger partial charge in [-0.05, 0) is 68.1 Å². The Morgan fingerprint density at radius 2 is 1.77 bits per heavy atom. The standard InChI is InChI=1S/C20H30BNO4/c1-18(2,3)14-10-8-12-13(9-11-15(12)22-17(23)24)16(14)21-25-19(4,5)20(6,7)26-21/h8,10,15,22H,9,11H2,1-7H3,(H,23,24). The van der Waals surface area contributed by atoms with Crippen LogP contribution in [0.4, 0.5) is 4.79 Å². The molecule has 1 aromatic carbocycles. The molecule has 3 rings (SSSR count). The van der Waals surface area contributed by atoms with Gasteiger partial charge < -0.3 is 19.7 Å². The number of carbonyl (C=O) groups is 1. The van der Waals surface area contributed by atoms with Gasteiger partial charge in [0.05, 0.1) is 17.2 Å². The van der Waals surface area contributed by atoms with Crippen molar-refractivity contribution in [3.8, 4) is 0 Å². The van der Waals surface area contributed by atoms with E-state index >= 15 is 0 Å². The molecule has 2 aliphatic rings. The fraction of sp³-hybridized carbons (Fsp3) is 0.650. The Hall–Kier alpha value is -1.53. The van der Waals surface area contributed by atoms with Gasteiger partial charge >= 0.3 is 13.2 Å². The molecular formula is C20H30BNO4. The molecule has 6 heteroatoms. The molecule has 0 aromatic heterocycles. The van der Waals surface area contributed by atoms with Crippen LogP contribution in [0.3, 0.4) is 0 Å². The first kappa shape index (κ1) is 19.2. The zero-order chi connectivity index (χ0) is 19.5. The van der Waals surface area contributed by atoms with Gasteiger partial charge in [0, 0.05) is 0 Å². The largest absolute Gasteiger partial charge is 0.495 e. The Morgan fingerprint density at radius 1 is 1.19 bits per heavy atom. The van der Waals surface area contributed by atoms with Crippen LogP contribution in [-0.2, 0) is 21.1 Å². The Bertz CT molecular complexity index is 720. The van der Waals surface area contributed by atoms with E-state index in [1.165, 1.54) is 11.1 Å². The number of rotatable bonds is 2. The maximum absolute atomic E-state index is 11.1. The minimum Gasteiger partial charge on any atom is -0.465 e. The summed E-state index contributed by atoms with van der Waals surface area (Å²) in [6.45, 7) is 14.8. The van der Waals surface area contributed by atoms with Gasteiger partial charge in [0.2, 0.25) is 0 Å². The van der Waals surface area contributed by atoms with E-state index in [4.69, 9.17) is 14.4 Å². The van der Waals surface area contributed by atoms with E-state index in [0.717, 1.165) is 23.9 Å². The number of benzene rings is 1. The minimum absolute atomic E-state index is 0.0632. The Morgan fingerprint density at radius 3 is 2.27 bits per heavy atom. The van der Waals surface area contributed by atoms with Crippen molar-refractivity contribution in [1.82, 2.24) is 5.32 Å². The van der Waals surface area contributed by atoms with E-state index in [0.29, 0.717) is 0 Å². The lowest BCUT2D eigenvalue weighted by Crippen LogP contribution is -2.42. The fourth-order valence-electron chi connectivity index (χ4n) is 3.91. The van der Waals surface area contributed by atoms with Gasteiger partial charge in [0.1, 0.15) is 0 Å². The summed E-state index contributed by atoms with van der Waals surface area (Å²) < 4.78 is 12.7. The van der Waals surface area contributed by atoms with Crippen LogP contribution in [0.15, 0.2) is 12.1 Å². The molecule has 1 heterocycles. The number of hydrogen-bond acceptors (Lipinski definition) is 3. The van der Waals surface area contributed by atoms with Crippen molar-refractivity contribution in [1.29, 1.82) is 0 Å². The highest BCUT2D eigenvalue weighted by molar-refractivity contribution is 6.63. The van der Waals surface area contributed by atoms with Crippen LogP contribution in [-0.4, -0.2) is 29.5 Å². The average molecular weight is 359 g/mol. The molecule has 1 unspecified atom stereocenters. The van der Waals surface area contributed by atoms with Crippen LogP contribution in [0.5, 0.6) is 0 Å². The fourth-order valence-corrected chi connectivity index (χ4v) is 3.91. The van der Waals surface area contributed by atoms with Gasteiger partial charge in [-0.1, -0.05) is 32.9 Å². The van der Waals surface area contributed by atoms with Crippen LogP contribution in [0.1, 0.15) is 77.6 Å². The average Bonchev–Trinajstić information content (AvgIpc) is 2.95. The van der Waals surface area contributed by atoms with E-state index in [2.05, 4.69) is 65.9 Å². The summed E-state index contributed by atoms with van der Waals surface area (Å²) in [5, 5.41) is 11.8. The van der Waals surface area contributed by atoms with Crippen LogP contribution in [0.2, 0.25) is 0 Å². The monoisotopic (exact) mass is 359 g/mol. The van der Waals surface area contributed by atoms with Gasteiger partial charge in [0.15, 0.2) is 0 Å². The molecule has 0 spiro atoms. The zero-order valence-electron chi connectivity index (χ0n) is 16.9. The number of carboxylic acid groups (broad SMARTS) is 1. The predicted molar refractivity (Wildman–Crippen MR) is 103 cm³/mol. The molecule has 1 aliphatic heterocycles. The van der Waals surface area contributed by atoms with Crippen molar-refractivity contribution in [2.45, 2.75) is 84.0 Å². The third-order valence-electron chi connectivity index (χ3n) is 6.05. The van der Waals surface area contributed by atoms with Gasteiger partial charge in [-0.2, -0.15) is 0 Å². The molecule has 5 nitrogen and oxygen atoms in total. The molecule has 26 heavy (non-hydrogen) atoms. The first-order chi connectivity index (χ1) is 11.8. The lowest BCUT2D eigenvalue weighted by atomic mass is 9.66. The zero-order valence-corrected chi connectivity index (χ0v) is 16.9. The van der Waals surface area contributed by atoms with E-state index in [9.17, 15) is 4.79 Å². The Kier molecular flexibility index (Phi) is 4.44. The lowest BCUT2D eigenvalue weighted by Gasteiger charge is -2.32. The highest BCUT2D eigenvalue weighted by atomic mass is 16.7. The van der Waals surface area contributed by atoms with Crippen molar-refractivity contribution in [2.75, 3.05) is 0 Å². The molecule has 0 radical (unpaired) electrons. The second kappa shape index (κ2) is 5.99. The molecule has 142 valence electrons. The van der Waals surface area contributed by atoms with Crippen LogP contribution in [0, 0.1) is 0 Å². The second-order valence-electron chi connectivity index (χ2n) is 9.47. The van der Waals surface area contributed by atoms with E-state index < -0.39 is 24.4 Å². The SMILES string of the molecule is CC(C)(C)c1ccc2c(c1B1OC(C)(C)C(C)(C)O1)CCC2NC(=O)O. The van der Waals surface area contributed by atoms with Crippen molar-refractivity contribution in [2.24, 2.45) is 0 Å².